The van der Waals surface area contributed by atoms with Gasteiger partial charge in [-0.2, -0.15) is 0 Å². The lowest BCUT2D eigenvalue weighted by molar-refractivity contribution is 0.487. The molecule has 86 valence electrons. The van der Waals surface area contributed by atoms with E-state index in [0.29, 0.717) is 6.04 Å². The molecule has 16 heavy (non-hydrogen) atoms. The second-order valence-corrected chi connectivity index (χ2v) is 4.44. The molecule has 0 aliphatic rings. The summed E-state index contributed by atoms with van der Waals surface area (Å²) >= 11 is 0. The zero-order valence-electron chi connectivity index (χ0n) is 10.2. The molecule has 0 radical (unpaired) electrons. The standard InChI is InChI=1S/C14H19NO/c1-4-11-6-5-7-12-8-13(16-14(11)12)9-15-10(2)3/h5-8,10,15H,4,9H2,1-3H3. The van der Waals surface area contributed by atoms with Crippen molar-refractivity contribution in [3.05, 3.63) is 35.6 Å². The summed E-state index contributed by atoms with van der Waals surface area (Å²) in [7, 11) is 0. The Morgan fingerprint density at radius 1 is 1.31 bits per heavy atom. The lowest BCUT2D eigenvalue weighted by Gasteiger charge is -2.04. The molecular weight excluding hydrogens is 198 g/mol. The van der Waals surface area contributed by atoms with Crippen molar-refractivity contribution < 1.29 is 4.42 Å². The van der Waals surface area contributed by atoms with Gasteiger partial charge in [-0.25, -0.2) is 0 Å². The van der Waals surface area contributed by atoms with E-state index >= 15 is 0 Å². The van der Waals surface area contributed by atoms with Crippen LogP contribution in [-0.4, -0.2) is 6.04 Å². The first-order valence-electron chi connectivity index (χ1n) is 5.94. The maximum Gasteiger partial charge on any atom is 0.137 e. The summed E-state index contributed by atoms with van der Waals surface area (Å²) < 4.78 is 5.88. The summed E-state index contributed by atoms with van der Waals surface area (Å²) in [6, 6.07) is 8.95. The lowest BCUT2D eigenvalue weighted by Crippen LogP contribution is -2.21. The fourth-order valence-electron chi connectivity index (χ4n) is 1.85. The van der Waals surface area contributed by atoms with Crippen LogP contribution in [0.2, 0.25) is 0 Å². The summed E-state index contributed by atoms with van der Waals surface area (Å²) in [5.41, 5.74) is 2.33. The van der Waals surface area contributed by atoms with Crippen molar-refractivity contribution in [3.63, 3.8) is 0 Å². The van der Waals surface area contributed by atoms with Crippen LogP contribution in [0.5, 0.6) is 0 Å². The van der Waals surface area contributed by atoms with Crippen molar-refractivity contribution in [1.82, 2.24) is 5.32 Å². The van der Waals surface area contributed by atoms with Gasteiger partial charge in [0.25, 0.3) is 0 Å². The molecule has 2 rings (SSSR count). The summed E-state index contributed by atoms with van der Waals surface area (Å²) in [6.07, 6.45) is 1.02. The third kappa shape index (κ3) is 2.27. The number of fused-ring (bicyclic) bond motifs is 1. The molecule has 0 amide bonds. The normalized spacial score (nSPS) is 11.5. The van der Waals surface area contributed by atoms with E-state index < -0.39 is 0 Å². The highest BCUT2D eigenvalue weighted by atomic mass is 16.3. The number of rotatable bonds is 4. The van der Waals surface area contributed by atoms with Gasteiger partial charge >= 0.3 is 0 Å². The molecule has 0 bridgehead atoms. The molecule has 2 aromatic rings. The average molecular weight is 217 g/mol. The third-order valence-electron chi connectivity index (χ3n) is 2.74. The Morgan fingerprint density at radius 3 is 2.81 bits per heavy atom. The second kappa shape index (κ2) is 4.71. The Bertz CT molecular complexity index is 471. The van der Waals surface area contributed by atoms with Gasteiger partial charge in [0, 0.05) is 11.4 Å². The number of furan rings is 1. The van der Waals surface area contributed by atoms with Crippen LogP contribution in [0.25, 0.3) is 11.0 Å². The van der Waals surface area contributed by atoms with E-state index in [4.69, 9.17) is 4.42 Å². The minimum absolute atomic E-state index is 0.485. The number of para-hydroxylation sites is 1. The van der Waals surface area contributed by atoms with Gasteiger partial charge in [0.2, 0.25) is 0 Å². The average Bonchev–Trinajstić information content (AvgIpc) is 2.68. The van der Waals surface area contributed by atoms with Crippen LogP contribution in [0.1, 0.15) is 32.1 Å². The molecule has 0 aliphatic heterocycles. The molecule has 2 nitrogen and oxygen atoms in total. The maximum atomic E-state index is 5.88. The Labute approximate surface area is 96.6 Å². The highest BCUT2D eigenvalue weighted by Gasteiger charge is 2.06. The highest BCUT2D eigenvalue weighted by molar-refractivity contribution is 5.81. The molecule has 2 heteroatoms. The Morgan fingerprint density at radius 2 is 2.12 bits per heavy atom. The first-order valence-corrected chi connectivity index (χ1v) is 5.94. The van der Waals surface area contributed by atoms with Gasteiger partial charge in [-0.1, -0.05) is 39.0 Å². The number of benzene rings is 1. The van der Waals surface area contributed by atoms with E-state index in [1.807, 2.05) is 0 Å². The van der Waals surface area contributed by atoms with Crippen molar-refractivity contribution in [3.8, 4) is 0 Å². The molecule has 1 aromatic heterocycles. The van der Waals surface area contributed by atoms with E-state index in [0.717, 1.165) is 24.3 Å². The molecule has 0 saturated heterocycles. The van der Waals surface area contributed by atoms with Crippen molar-refractivity contribution in [2.45, 2.75) is 39.8 Å². The zero-order valence-corrected chi connectivity index (χ0v) is 10.2. The van der Waals surface area contributed by atoms with Crippen molar-refractivity contribution in [1.29, 1.82) is 0 Å². The van der Waals surface area contributed by atoms with E-state index in [-0.39, 0.29) is 0 Å². The lowest BCUT2D eigenvalue weighted by atomic mass is 10.1. The molecule has 1 aromatic carbocycles. The van der Waals surface area contributed by atoms with Gasteiger partial charge in [-0.05, 0) is 18.1 Å². The highest BCUT2D eigenvalue weighted by Crippen LogP contribution is 2.23. The molecule has 0 fully saturated rings. The summed E-state index contributed by atoms with van der Waals surface area (Å²) in [6.45, 7) is 7.24. The smallest absolute Gasteiger partial charge is 0.137 e. The predicted octanol–water partition coefficient (Wildman–Crippen LogP) is 3.49. The summed E-state index contributed by atoms with van der Waals surface area (Å²) in [5, 5.41) is 4.57. The van der Waals surface area contributed by atoms with Crippen LogP contribution in [0, 0.1) is 0 Å². The fraction of sp³-hybridized carbons (Fsp3) is 0.429. The van der Waals surface area contributed by atoms with Crippen LogP contribution >= 0.6 is 0 Å². The number of nitrogens with one attached hydrogen (secondary N) is 1. The van der Waals surface area contributed by atoms with Crippen molar-refractivity contribution >= 4 is 11.0 Å². The Hall–Kier alpha value is -1.28. The first kappa shape index (κ1) is 11.2. The number of hydrogen-bond acceptors (Lipinski definition) is 2. The quantitative estimate of drug-likeness (QED) is 0.848. The molecular formula is C14H19NO. The van der Waals surface area contributed by atoms with Gasteiger partial charge in [0.15, 0.2) is 0 Å². The Balaban J connectivity index is 2.29. The molecule has 0 aliphatic carbocycles. The fourth-order valence-corrected chi connectivity index (χ4v) is 1.85. The first-order chi connectivity index (χ1) is 7.70. The topological polar surface area (TPSA) is 25.2 Å². The minimum Gasteiger partial charge on any atom is -0.459 e. The van der Waals surface area contributed by atoms with Gasteiger partial charge in [-0.3, -0.25) is 0 Å². The minimum atomic E-state index is 0.485. The molecule has 0 saturated carbocycles. The van der Waals surface area contributed by atoms with Crippen LogP contribution in [0.3, 0.4) is 0 Å². The van der Waals surface area contributed by atoms with E-state index in [2.05, 4.69) is 50.4 Å². The predicted molar refractivity (Wildman–Crippen MR) is 67.6 cm³/mol. The van der Waals surface area contributed by atoms with E-state index in [1.165, 1.54) is 10.9 Å². The second-order valence-electron chi connectivity index (χ2n) is 4.44. The molecule has 1 N–H and O–H groups in total. The van der Waals surface area contributed by atoms with Gasteiger partial charge in [-0.15, -0.1) is 0 Å². The van der Waals surface area contributed by atoms with E-state index in [9.17, 15) is 0 Å². The van der Waals surface area contributed by atoms with Crippen LogP contribution < -0.4 is 5.32 Å². The van der Waals surface area contributed by atoms with Crippen molar-refractivity contribution in [2.24, 2.45) is 0 Å². The monoisotopic (exact) mass is 217 g/mol. The maximum absolute atomic E-state index is 5.88. The van der Waals surface area contributed by atoms with Gasteiger partial charge in [0.1, 0.15) is 11.3 Å². The van der Waals surface area contributed by atoms with E-state index in [1.54, 1.807) is 0 Å². The SMILES string of the molecule is CCc1cccc2cc(CNC(C)C)oc12. The zero-order chi connectivity index (χ0) is 11.5. The molecule has 0 atom stereocenters. The third-order valence-corrected chi connectivity index (χ3v) is 2.74. The summed E-state index contributed by atoms with van der Waals surface area (Å²) in [5.74, 6) is 1.02. The van der Waals surface area contributed by atoms with Gasteiger partial charge < -0.3 is 9.73 Å². The number of aryl methyl sites for hydroxylation is 1. The van der Waals surface area contributed by atoms with Crippen molar-refractivity contribution in [2.75, 3.05) is 0 Å². The largest absolute Gasteiger partial charge is 0.459 e. The molecule has 0 spiro atoms. The Kier molecular flexibility index (Phi) is 3.30. The summed E-state index contributed by atoms with van der Waals surface area (Å²) in [4.78, 5) is 0. The van der Waals surface area contributed by atoms with Crippen LogP contribution in [-0.2, 0) is 13.0 Å². The number of hydrogen-bond donors (Lipinski definition) is 1. The van der Waals surface area contributed by atoms with Gasteiger partial charge in [0.05, 0.1) is 6.54 Å². The molecule has 0 unspecified atom stereocenters. The van der Waals surface area contributed by atoms with Crippen LogP contribution in [0.4, 0.5) is 0 Å². The van der Waals surface area contributed by atoms with Crippen LogP contribution in [0.15, 0.2) is 28.7 Å². The molecule has 1 heterocycles.